The molecule has 0 rings (SSSR count). The van der Waals surface area contributed by atoms with E-state index in [2.05, 4.69) is 11.1 Å². The third kappa shape index (κ3) is 23.0. The quantitative estimate of drug-likeness (QED) is 0.166. The van der Waals surface area contributed by atoms with Crippen LogP contribution in [0.5, 0.6) is 0 Å². The van der Waals surface area contributed by atoms with E-state index in [1.165, 1.54) is 89.9 Å². The molecule has 0 fully saturated rings. The van der Waals surface area contributed by atoms with Crippen LogP contribution in [0.2, 0.25) is 0 Å². The van der Waals surface area contributed by atoms with Crippen molar-refractivity contribution in [2.45, 2.75) is 122 Å². The van der Waals surface area contributed by atoms with E-state index in [0.717, 1.165) is 20.0 Å². The number of unbranched alkanes of at least 4 members (excludes halogenated alkanes) is 15. The zero-order valence-electron chi connectivity index (χ0n) is 17.4. The SMILES string of the molecule is CCCCCCCCCCCCCCCCCCC(O)CS(=O)(=O)OC.[NaH]. The van der Waals surface area contributed by atoms with Crippen molar-refractivity contribution < 1.29 is 17.7 Å². The molecule has 160 valence electrons. The van der Waals surface area contributed by atoms with Gasteiger partial charge >= 0.3 is 29.6 Å². The molecule has 1 N–H and O–H groups in total. The van der Waals surface area contributed by atoms with Crippen molar-refractivity contribution in [3.63, 3.8) is 0 Å². The molecule has 0 spiro atoms. The van der Waals surface area contributed by atoms with Gasteiger partial charge in [0.15, 0.2) is 0 Å². The summed E-state index contributed by atoms with van der Waals surface area (Å²) in [5.74, 6) is -0.289. The fourth-order valence-corrected chi connectivity index (χ4v) is 4.09. The van der Waals surface area contributed by atoms with E-state index >= 15 is 0 Å². The average molecular weight is 417 g/mol. The van der Waals surface area contributed by atoms with E-state index < -0.39 is 16.2 Å². The van der Waals surface area contributed by atoms with Crippen molar-refractivity contribution in [3.8, 4) is 0 Å². The van der Waals surface area contributed by atoms with E-state index in [-0.39, 0.29) is 35.3 Å². The van der Waals surface area contributed by atoms with Crippen LogP contribution in [0.4, 0.5) is 0 Å². The first kappa shape index (κ1) is 30.1. The van der Waals surface area contributed by atoms with Gasteiger partial charge in [0, 0.05) is 0 Å². The van der Waals surface area contributed by atoms with Crippen LogP contribution in [-0.2, 0) is 14.3 Å². The molecule has 0 aromatic carbocycles. The summed E-state index contributed by atoms with van der Waals surface area (Å²) < 4.78 is 26.8. The maximum absolute atomic E-state index is 11.2. The Morgan fingerprint density at radius 1 is 0.704 bits per heavy atom. The third-order valence-corrected chi connectivity index (χ3v) is 6.34. The van der Waals surface area contributed by atoms with Crippen LogP contribution < -0.4 is 0 Å². The van der Waals surface area contributed by atoms with Gasteiger partial charge in [-0.2, -0.15) is 8.42 Å². The Morgan fingerprint density at radius 2 is 1.04 bits per heavy atom. The standard InChI is InChI=1S/C21H44O4S.Na.H/c1-3-4-5-6-7-8-9-10-11-12-13-14-15-16-17-18-19-21(22)20-26(23,24)25-2;;/h21-22H,3-20H2,1-2H3;;. The Morgan fingerprint density at radius 3 is 1.37 bits per heavy atom. The molecular weight excluding hydrogens is 371 g/mol. The number of hydrogen-bond donors (Lipinski definition) is 1. The Balaban J connectivity index is 0. The fourth-order valence-electron chi connectivity index (χ4n) is 3.32. The van der Waals surface area contributed by atoms with Crippen LogP contribution in [0.1, 0.15) is 116 Å². The Bertz CT molecular complexity index is 388. The molecule has 6 heteroatoms. The van der Waals surface area contributed by atoms with Crippen LogP contribution in [-0.4, -0.2) is 62.0 Å². The van der Waals surface area contributed by atoms with Crippen LogP contribution in [0.3, 0.4) is 0 Å². The molecule has 0 aromatic rings. The molecular formula is C21H45NaO4S. The number of aliphatic hydroxyl groups excluding tert-OH is 1. The van der Waals surface area contributed by atoms with E-state index in [1.807, 2.05) is 0 Å². The van der Waals surface area contributed by atoms with Crippen molar-refractivity contribution in [2.75, 3.05) is 12.9 Å². The molecule has 27 heavy (non-hydrogen) atoms. The van der Waals surface area contributed by atoms with E-state index in [9.17, 15) is 13.5 Å². The first-order chi connectivity index (χ1) is 12.5. The van der Waals surface area contributed by atoms with Gasteiger partial charge in [0.25, 0.3) is 10.1 Å². The summed E-state index contributed by atoms with van der Waals surface area (Å²) in [6.45, 7) is 2.27. The monoisotopic (exact) mass is 416 g/mol. The molecule has 1 atom stereocenters. The molecule has 4 nitrogen and oxygen atoms in total. The summed E-state index contributed by atoms with van der Waals surface area (Å²) in [5, 5.41) is 9.67. The summed E-state index contributed by atoms with van der Waals surface area (Å²) in [6, 6.07) is 0. The first-order valence-electron chi connectivity index (χ1n) is 11.0. The first-order valence-corrected chi connectivity index (χ1v) is 12.6. The molecule has 0 radical (unpaired) electrons. The summed E-state index contributed by atoms with van der Waals surface area (Å²) in [4.78, 5) is 0. The molecule has 0 heterocycles. The molecule has 0 saturated heterocycles. The van der Waals surface area contributed by atoms with Crippen LogP contribution in [0.25, 0.3) is 0 Å². The van der Waals surface area contributed by atoms with Gasteiger partial charge in [-0.25, -0.2) is 0 Å². The van der Waals surface area contributed by atoms with Crippen molar-refractivity contribution in [1.29, 1.82) is 0 Å². The molecule has 0 aromatic heterocycles. The van der Waals surface area contributed by atoms with Gasteiger partial charge in [-0.3, -0.25) is 4.18 Å². The fraction of sp³-hybridized carbons (Fsp3) is 1.00. The Hall–Kier alpha value is 0.870. The van der Waals surface area contributed by atoms with Gasteiger partial charge in [-0.15, -0.1) is 0 Å². The third-order valence-electron chi connectivity index (χ3n) is 5.04. The van der Waals surface area contributed by atoms with Gasteiger partial charge < -0.3 is 5.11 Å². The summed E-state index contributed by atoms with van der Waals surface area (Å²) in [5.41, 5.74) is 0. The van der Waals surface area contributed by atoms with Crippen LogP contribution in [0.15, 0.2) is 0 Å². The second-order valence-electron chi connectivity index (χ2n) is 7.64. The minimum atomic E-state index is -3.54. The van der Waals surface area contributed by atoms with E-state index in [1.54, 1.807) is 0 Å². The second-order valence-corrected chi connectivity index (χ2v) is 9.42. The molecule has 0 bridgehead atoms. The molecule has 0 amide bonds. The normalized spacial score (nSPS) is 12.7. The minimum absolute atomic E-state index is 0. The van der Waals surface area contributed by atoms with Crippen molar-refractivity contribution in [1.82, 2.24) is 0 Å². The van der Waals surface area contributed by atoms with Gasteiger partial charge in [-0.05, 0) is 6.42 Å². The van der Waals surface area contributed by atoms with Gasteiger partial charge in [0.1, 0.15) is 5.75 Å². The molecule has 0 aliphatic heterocycles. The molecule has 1 unspecified atom stereocenters. The van der Waals surface area contributed by atoms with Gasteiger partial charge in [0.05, 0.1) is 13.2 Å². The number of aliphatic hydroxyl groups is 1. The van der Waals surface area contributed by atoms with Crippen LogP contribution in [0, 0.1) is 0 Å². The Labute approximate surface area is 191 Å². The summed E-state index contributed by atoms with van der Waals surface area (Å²) in [6.07, 6.45) is 20.8. The molecule has 0 aliphatic carbocycles. The van der Waals surface area contributed by atoms with Crippen molar-refractivity contribution in [3.05, 3.63) is 0 Å². The summed E-state index contributed by atoms with van der Waals surface area (Å²) >= 11 is 0. The second kappa shape index (κ2) is 21.6. The molecule has 0 aliphatic rings. The van der Waals surface area contributed by atoms with E-state index in [4.69, 9.17) is 0 Å². The van der Waals surface area contributed by atoms with Crippen molar-refractivity contribution >= 4 is 39.7 Å². The van der Waals surface area contributed by atoms with Gasteiger partial charge in [0.2, 0.25) is 0 Å². The Kier molecular flexibility index (Phi) is 24.0. The van der Waals surface area contributed by atoms with Crippen molar-refractivity contribution in [2.24, 2.45) is 0 Å². The molecule has 0 saturated carbocycles. The average Bonchev–Trinajstić information content (AvgIpc) is 2.61. The zero-order valence-corrected chi connectivity index (χ0v) is 18.2. The summed E-state index contributed by atoms with van der Waals surface area (Å²) in [7, 11) is -2.40. The number of rotatable bonds is 20. The predicted octanol–water partition coefficient (Wildman–Crippen LogP) is 5.33. The van der Waals surface area contributed by atoms with E-state index in [0.29, 0.717) is 6.42 Å². The predicted molar refractivity (Wildman–Crippen MR) is 118 cm³/mol. The maximum atomic E-state index is 11.2. The topological polar surface area (TPSA) is 63.6 Å². The number of hydrogen-bond acceptors (Lipinski definition) is 4. The zero-order chi connectivity index (χ0) is 19.5. The van der Waals surface area contributed by atoms with Crippen LogP contribution >= 0.6 is 0 Å². The van der Waals surface area contributed by atoms with Gasteiger partial charge in [-0.1, -0.05) is 110 Å².